The van der Waals surface area contributed by atoms with Crippen molar-refractivity contribution in [1.82, 2.24) is 20.3 Å². The van der Waals surface area contributed by atoms with Crippen LogP contribution in [0.5, 0.6) is 5.75 Å². The number of anilines is 1. The molecular weight excluding hydrogens is 406 g/mol. The summed E-state index contributed by atoms with van der Waals surface area (Å²) in [5.41, 5.74) is 3.41. The number of morpholine rings is 1. The lowest BCUT2D eigenvalue weighted by molar-refractivity contribution is 0.0929. The molecule has 168 valence electrons. The average molecular weight is 436 g/mol. The summed E-state index contributed by atoms with van der Waals surface area (Å²) in [6, 6.07) is 9.51. The summed E-state index contributed by atoms with van der Waals surface area (Å²) < 4.78 is 11.0. The van der Waals surface area contributed by atoms with Gasteiger partial charge < -0.3 is 19.7 Å². The van der Waals surface area contributed by atoms with E-state index in [1.165, 1.54) is 0 Å². The second-order valence-electron chi connectivity index (χ2n) is 7.95. The van der Waals surface area contributed by atoms with Crippen LogP contribution < -0.4 is 15.0 Å². The second-order valence-corrected chi connectivity index (χ2v) is 7.95. The molecule has 1 saturated heterocycles. The van der Waals surface area contributed by atoms with E-state index >= 15 is 0 Å². The average Bonchev–Trinajstić information content (AvgIpc) is 2.79. The molecule has 0 unspecified atom stereocenters. The highest BCUT2D eigenvalue weighted by Crippen LogP contribution is 2.28. The minimum atomic E-state index is -0.330. The number of aromatic nitrogens is 3. The highest BCUT2D eigenvalue weighted by atomic mass is 16.5. The highest BCUT2D eigenvalue weighted by Gasteiger charge is 2.23. The summed E-state index contributed by atoms with van der Waals surface area (Å²) in [6.45, 7) is 11.1. The molecule has 0 radical (unpaired) electrons. The van der Waals surface area contributed by atoms with Crippen LogP contribution in [0, 0.1) is 13.8 Å². The Morgan fingerprint density at radius 3 is 2.56 bits per heavy atom. The summed E-state index contributed by atoms with van der Waals surface area (Å²) in [4.78, 5) is 29.1. The van der Waals surface area contributed by atoms with E-state index in [0.717, 1.165) is 33.8 Å². The molecule has 0 aliphatic carbocycles. The molecule has 0 bridgehead atoms. The molecule has 2 aromatic heterocycles. The number of rotatable bonds is 6. The van der Waals surface area contributed by atoms with Gasteiger partial charge in [-0.1, -0.05) is 12.1 Å². The van der Waals surface area contributed by atoms with Crippen molar-refractivity contribution in [3.8, 4) is 5.75 Å². The zero-order chi connectivity index (χ0) is 22.7. The number of pyridine rings is 1. The van der Waals surface area contributed by atoms with Crippen LogP contribution in [-0.4, -0.2) is 53.8 Å². The number of nitrogens with zero attached hydrogens (tertiary/aromatic N) is 4. The van der Waals surface area contributed by atoms with Gasteiger partial charge in [-0.15, -0.1) is 0 Å². The Hall–Kier alpha value is -3.26. The minimum absolute atomic E-state index is 0.120. The molecule has 1 atom stereocenters. The molecular formula is C24H29N5O3. The monoisotopic (exact) mass is 435 g/mol. The van der Waals surface area contributed by atoms with Gasteiger partial charge in [-0.25, -0.2) is 15.0 Å². The number of carbonyl (C=O) groups is 1. The molecule has 8 heteroatoms. The fraction of sp³-hybridized carbons (Fsp3) is 0.417. The zero-order valence-corrected chi connectivity index (χ0v) is 19.0. The van der Waals surface area contributed by atoms with Gasteiger partial charge in [-0.2, -0.15) is 0 Å². The first-order chi connectivity index (χ1) is 15.5. The van der Waals surface area contributed by atoms with Crippen molar-refractivity contribution in [2.24, 2.45) is 0 Å². The topological polar surface area (TPSA) is 89.5 Å². The largest absolute Gasteiger partial charge is 0.494 e. The third-order valence-corrected chi connectivity index (χ3v) is 5.53. The van der Waals surface area contributed by atoms with E-state index in [1.807, 2.05) is 58.0 Å². The fourth-order valence-corrected chi connectivity index (χ4v) is 3.93. The lowest BCUT2D eigenvalue weighted by Crippen LogP contribution is -2.38. The lowest BCUT2D eigenvalue weighted by atomic mass is 10.1. The molecule has 0 saturated carbocycles. The molecule has 3 aromatic rings. The fourth-order valence-electron chi connectivity index (χ4n) is 3.93. The number of aryl methyl sites for hydroxylation is 2. The Morgan fingerprint density at radius 1 is 1.16 bits per heavy atom. The quantitative estimate of drug-likeness (QED) is 0.635. The molecule has 0 spiro atoms. The molecule has 32 heavy (non-hydrogen) atoms. The van der Waals surface area contributed by atoms with Crippen LogP contribution >= 0.6 is 0 Å². The molecule has 1 N–H and O–H groups in total. The summed E-state index contributed by atoms with van der Waals surface area (Å²) >= 11 is 0. The predicted octanol–water partition coefficient (Wildman–Crippen LogP) is 3.37. The van der Waals surface area contributed by atoms with Crippen LogP contribution in [-0.2, 0) is 4.74 Å². The van der Waals surface area contributed by atoms with Gasteiger partial charge in [0.05, 0.1) is 31.2 Å². The molecule has 1 aliphatic rings. The molecule has 4 rings (SSSR count). The summed E-state index contributed by atoms with van der Waals surface area (Å²) in [5, 5.41) is 3.90. The number of carbonyl (C=O) groups excluding carboxylic acids is 1. The number of fused-ring (bicyclic) bond motifs is 1. The number of benzene rings is 1. The van der Waals surface area contributed by atoms with Gasteiger partial charge in [0.2, 0.25) is 5.82 Å². The Kier molecular flexibility index (Phi) is 6.50. The van der Waals surface area contributed by atoms with E-state index in [2.05, 4.69) is 25.2 Å². The first-order valence-corrected chi connectivity index (χ1v) is 11.0. The number of ether oxygens (including phenoxy) is 2. The van der Waals surface area contributed by atoms with Crippen LogP contribution in [0.15, 0.2) is 30.3 Å². The van der Waals surface area contributed by atoms with Crippen molar-refractivity contribution < 1.29 is 14.3 Å². The molecule has 1 fully saturated rings. The maximum Gasteiger partial charge on any atom is 0.289 e. The number of hydrogen-bond donors (Lipinski definition) is 1. The van der Waals surface area contributed by atoms with E-state index in [0.29, 0.717) is 38.6 Å². The Labute approximate surface area is 188 Å². The van der Waals surface area contributed by atoms with E-state index < -0.39 is 0 Å². The van der Waals surface area contributed by atoms with Crippen molar-refractivity contribution in [3.05, 3.63) is 53.0 Å². The summed E-state index contributed by atoms with van der Waals surface area (Å²) in [5.74, 6) is 1.33. The number of nitrogens with one attached hydrogen (secondary N) is 1. The SMILES string of the molecule is CCOc1ccc([C@H](C)NC(=O)c2nc(N3CCOCC3)c3c(C)cc(C)nc3n2)cc1. The van der Waals surface area contributed by atoms with E-state index in [1.54, 1.807) is 0 Å². The van der Waals surface area contributed by atoms with Crippen LogP contribution in [0.4, 0.5) is 5.82 Å². The van der Waals surface area contributed by atoms with Crippen molar-refractivity contribution in [3.63, 3.8) is 0 Å². The smallest absolute Gasteiger partial charge is 0.289 e. The van der Waals surface area contributed by atoms with E-state index in [9.17, 15) is 4.79 Å². The molecule has 3 heterocycles. The molecule has 1 amide bonds. The van der Waals surface area contributed by atoms with Gasteiger partial charge >= 0.3 is 0 Å². The van der Waals surface area contributed by atoms with E-state index in [4.69, 9.17) is 9.47 Å². The number of hydrogen-bond acceptors (Lipinski definition) is 7. The Morgan fingerprint density at radius 2 is 1.88 bits per heavy atom. The lowest BCUT2D eigenvalue weighted by Gasteiger charge is -2.29. The van der Waals surface area contributed by atoms with Crippen LogP contribution in [0.1, 0.15) is 47.3 Å². The first kappa shape index (κ1) is 22.0. The minimum Gasteiger partial charge on any atom is -0.494 e. The van der Waals surface area contributed by atoms with Gasteiger partial charge in [0.1, 0.15) is 11.6 Å². The zero-order valence-electron chi connectivity index (χ0n) is 19.0. The van der Waals surface area contributed by atoms with Gasteiger partial charge in [0.25, 0.3) is 5.91 Å². The van der Waals surface area contributed by atoms with E-state index in [-0.39, 0.29) is 17.8 Å². The maximum atomic E-state index is 13.1. The predicted molar refractivity (Wildman–Crippen MR) is 123 cm³/mol. The Balaban J connectivity index is 1.64. The molecule has 1 aromatic carbocycles. The number of amides is 1. The van der Waals surface area contributed by atoms with Gasteiger partial charge in [0, 0.05) is 18.8 Å². The highest BCUT2D eigenvalue weighted by molar-refractivity contribution is 5.97. The maximum absolute atomic E-state index is 13.1. The van der Waals surface area contributed by atoms with Crippen molar-refractivity contribution >= 4 is 22.8 Å². The van der Waals surface area contributed by atoms with Crippen molar-refractivity contribution in [2.45, 2.75) is 33.7 Å². The second kappa shape index (κ2) is 9.48. The third kappa shape index (κ3) is 4.65. The molecule has 8 nitrogen and oxygen atoms in total. The Bertz CT molecular complexity index is 1110. The standard InChI is InChI=1S/C24H29N5O3/c1-5-32-19-8-6-18(7-9-19)17(4)26-24(30)22-27-21-20(15(2)14-16(3)25-21)23(28-22)29-10-12-31-13-11-29/h6-9,14,17H,5,10-13H2,1-4H3,(H,26,30)/t17-/m0/s1. The van der Waals surface area contributed by atoms with Crippen LogP contribution in [0.25, 0.3) is 11.0 Å². The van der Waals surface area contributed by atoms with Gasteiger partial charge in [-0.05, 0) is 57.0 Å². The van der Waals surface area contributed by atoms with Gasteiger partial charge in [-0.3, -0.25) is 4.79 Å². The molecule has 1 aliphatic heterocycles. The first-order valence-electron chi connectivity index (χ1n) is 11.0. The van der Waals surface area contributed by atoms with Gasteiger partial charge in [0.15, 0.2) is 5.65 Å². The summed E-state index contributed by atoms with van der Waals surface area (Å²) in [7, 11) is 0. The van der Waals surface area contributed by atoms with Crippen molar-refractivity contribution in [1.29, 1.82) is 0 Å². The van der Waals surface area contributed by atoms with Crippen LogP contribution in [0.3, 0.4) is 0 Å². The van der Waals surface area contributed by atoms with Crippen LogP contribution in [0.2, 0.25) is 0 Å². The third-order valence-electron chi connectivity index (χ3n) is 5.53. The summed E-state index contributed by atoms with van der Waals surface area (Å²) in [6.07, 6.45) is 0. The van der Waals surface area contributed by atoms with Crippen molar-refractivity contribution in [2.75, 3.05) is 37.8 Å². The normalized spacial score (nSPS) is 14.9.